The van der Waals surface area contributed by atoms with Gasteiger partial charge >= 0.3 is 0 Å². The second-order valence-electron chi connectivity index (χ2n) is 3.29. The Morgan fingerprint density at radius 1 is 1.47 bits per heavy atom. The van der Waals surface area contributed by atoms with Crippen LogP contribution in [-0.2, 0) is 0 Å². The van der Waals surface area contributed by atoms with Crippen LogP contribution in [0.1, 0.15) is 23.2 Å². The van der Waals surface area contributed by atoms with E-state index in [4.69, 9.17) is 5.26 Å². The third-order valence-electron chi connectivity index (χ3n) is 2.10. The number of nitrogens with zero attached hydrogens (tertiary/aromatic N) is 2. The molecule has 0 bridgehead atoms. The Morgan fingerprint density at radius 3 is 2.82 bits per heavy atom. The number of carbonyl (C=O) groups is 1. The van der Waals surface area contributed by atoms with E-state index in [2.05, 4.69) is 5.32 Å². The van der Waals surface area contributed by atoms with Crippen molar-refractivity contribution in [3.05, 3.63) is 39.9 Å². The average Bonchev–Trinajstić information content (AvgIpc) is 2.34. The van der Waals surface area contributed by atoms with Crippen molar-refractivity contribution in [2.45, 2.75) is 12.8 Å². The fraction of sp³-hybridized carbons (Fsp3) is 0.273. The number of rotatable bonds is 5. The second-order valence-corrected chi connectivity index (χ2v) is 3.29. The zero-order valence-electron chi connectivity index (χ0n) is 9.05. The van der Waals surface area contributed by atoms with E-state index < -0.39 is 10.8 Å². The maximum absolute atomic E-state index is 11.6. The van der Waals surface area contributed by atoms with Gasteiger partial charge in [0.1, 0.15) is 5.56 Å². The van der Waals surface area contributed by atoms with Crippen molar-refractivity contribution in [2.24, 2.45) is 0 Å². The van der Waals surface area contributed by atoms with Crippen molar-refractivity contribution in [1.29, 1.82) is 5.26 Å². The summed E-state index contributed by atoms with van der Waals surface area (Å²) in [6, 6.07) is 7.70. The minimum Gasteiger partial charge on any atom is -0.352 e. The molecule has 0 saturated carbocycles. The molecule has 1 aromatic carbocycles. The minimum atomic E-state index is -0.593. The van der Waals surface area contributed by atoms with Gasteiger partial charge in [-0.3, -0.25) is 14.9 Å². The van der Waals surface area contributed by atoms with Crippen molar-refractivity contribution in [3.8, 4) is 6.07 Å². The van der Waals surface area contributed by atoms with Gasteiger partial charge in [0.25, 0.3) is 11.6 Å². The molecule has 0 unspecified atom stereocenters. The number of benzene rings is 1. The lowest BCUT2D eigenvalue weighted by atomic mass is 10.1. The van der Waals surface area contributed by atoms with Gasteiger partial charge in [-0.05, 0) is 12.5 Å². The Morgan fingerprint density at radius 2 is 2.18 bits per heavy atom. The molecule has 88 valence electrons. The summed E-state index contributed by atoms with van der Waals surface area (Å²) >= 11 is 0. The number of amides is 1. The van der Waals surface area contributed by atoms with Crippen LogP contribution in [0.3, 0.4) is 0 Å². The van der Waals surface area contributed by atoms with Gasteiger partial charge in [-0.15, -0.1) is 0 Å². The number of nitriles is 1. The number of nitro groups is 1. The van der Waals surface area contributed by atoms with Crippen LogP contribution in [-0.4, -0.2) is 17.4 Å². The summed E-state index contributed by atoms with van der Waals surface area (Å²) < 4.78 is 0. The van der Waals surface area contributed by atoms with E-state index in [1.165, 1.54) is 18.2 Å². The number of nitrogens with one attached hydrogen (secondary N) is 1. The van der Waals surface area contributed by atoms with Crippen molar-refractivity contribution in [2.75, 3.05) is 6.54 Å². The molecule has 1 amide bonds. The molecule has 6 heteroatoms. The van der Waals surface area contributed by atoms with Gasteiger partial charge in [-0.1, -0.05) is 12.1 Å². The molecular weight excluding hydrogens is 222 g/mol. The maximum Gasteiger partial charge on any atom is 0.282 e. The van der Waals surface area contributed by atoms with E-state index in [1.807, 2.05) is 6.07 Å². The van der Waals surface area contributed by atoms with Crippen LogP contribution in [0.5, 0.6) is 0 Å². The van der Waals surface area contributed by atoms with Gasteiger partial charge in [-0.25, -0.2) is 0 Å². The second kappa shape index (κ2) is 6.23. The van der Waals surface area contributed by atoms with Crippen LogP contribution in [0.2, 0.25) is 0 Å². The Hall–Kier alpha value is -2.42. The highest BCUT2D eigenvalue weighted by molar-refractivity contribution is 5.98. The topological polar surface area (TPSA) is 96.0 Å². The summed E-state index contributed by atoms with van der Waals surface area (Å²) in [5.41, 5.74) is -0.181. The van der Waals surface area contributed by atoms with Gasteiger partial charge in [0.15, 0.2) is 0 Å². The summed E-state index contributed by atoms with van der Waals surface area (Å²) in [5, 5.41) is 21.5. The fourth-order valence-corrected chi connectivity index (χ4v) is 1.29. The summed E-state index contributed by atoms with van der Waals surface area (Å²) in [4.78, 5) is 21.7. The SMILES string of the molecule is N#CCCCNC(=O)c1ccccc1[N+](=O)[O-]. The first-order valence-corrected chi connectivity index (χ1v) is 5.05. The number of carbonyl (C=O) groups excluding carboxylic acids is 1. The fourth-order valence-electron chi connectivity index (χ4n) is 1.29. The molecule has 1 N–H and O–H groups in total. The lowest BCUT2D eigenvalue weighted by molar-refractivity contribution is -0.385. The Bertz CT molecular complexity index is 465. The van der Waals surface area contributed by atoms with Crippen LogP contribution >= 0.6 is 0 Å². The first kappa shape index (κ1) is 12.6. The van der Waals surface area contributed by atoms with Crippen LogP contribution in [0.15, 0.2) is 24.3 Å². The van der Waals surface area contributed by atoms with E-state index in [9.17, 15) is 14.9 Å². The molecule has 0 aliphatic heterocycles. The molecule has 0 saturated heterocycles. The Labute approximate surface area is 98.0 Å². The summed E-state index contributed by atoms with van der Waals surface area (Å²) in [6.07, 6.45) is 0.875. The number of hydrogen-bond donors (Lipinski definition) is 1. The van der Waals surface area contributed by atoms with Crippen LogP contribution in [0.25, 0.3) is 0 Å². The zero-order valence-corrected chi connectivity index (χ0v) is 9.05. The standard InChI is InChI=1S/C11H11N3O3/c12-7-3-4-8-13-11(15)9-5-1-2-6-10(9)14(16)17/h1-2,5-6H,3-4,8H2,(H,13,15). The Balaban J connectivity index is 2.69. The molecule has 0 atom stereocenters. The molecule has 6 nitrogen and oxygen atoms in total. The molecule has 0 spiro atoms. The number of hydrogen-bond acceptors (Lipinski definition) is 4. The number of para-hydroxylation sites is 1. The van der Waals surface area contributed by atoms with Crippen molar-refractivity contribution in [3.63, 3.8) is 0 Å². The third kappa shape index (κ3) is 3.57. The van der Waals surface area contributed by atoms with E-state index in [1.54, 1.807) is 6.07 Å². The molecule has 0 fully saturated rings. The average molecular weight is 233 g/mol. The third-order valence-corrected chi connectivity index (χ3v) is 2.10. The largest absolute Gasteiger partial charge is 0.352 e. The number of nitro benzene ring substituents is 1. The monoisotopic (exact) mass is 233 g/mol. The quantitative estimate of drug-likeness (QED) is 0.475. The molecule has 0 aliphatic carbocycles. The van der Waals surface area contributed by atoms with Gasteiger partial charge in [-0.2, -0.15) is 5.26 Å². The van der Waals surface area contributed by atoms with E-state index in [-0.39, 0.29) is 11.3 Å². The smallest absolute Gasteiger partial charge is 0.282 e. The van der Waals surface area contributed by atoms with Gasteiger partial charge in [0, 0.05) is 19.0 Å². The molecule has 0 heterocycles. The van der Waals surface area contributed by atoms with Crippen LogP contribution in [0.4, 0.5) is 5.69 Å². The molecule has 0 aliphatic rings. The normalized spacial score (nSPS) is 9.35. The first-order valence-electron chi connectivity index (χ1n) is 5.05. The van der Waals surface area contributed by atoms with Crippen LogP contribution < -0.4 is 5.32 Å². The predicted octanol–water partition coefficient (Wildman–Crippen LogP) is 1.63. The lowest BCUT2D eigenvalue weighted by Crippen LogP contribution is -2.25. The van der Waals surface area contributed by atoms with Crippen molar-refractivity contribution in [1.82, 2.24) is 5.32 Å². The molecule has 1 rings (SSSR count). The highest BCUT2D eigenvalue weighted by Crippen LogP contribution is 2.17. The van der Waals surface area contributed by atoms with E-state index >= 15 is 0 Å². The van der Waals surface area contributed by atoms with Crippen molar-refractivity contribution < 1.29 is 9.72 Å². The molecule has 1 aromatic rings. The minimum absolute atomic E-state index is 0.0365. The van der Waals surface area contributed by atoms with Gasteiger partial charge in [0.05, 0.1) is 11.0 Å². The van der Waals surface area contributed by atoms with E-state index in [0.717, 1.165) is 0 Å². The predicted molar refractivity (Wildman–Crippen MR) is 60.3 cm³/mol. The molecule has 0 aromatic heterocycles. The molecule has 0 radical (unpaired) electrons. The first-order chi connectivity index (χ1) is 8.16. The van der Waals surface area contributed by atoms with Gasteiger partial charge in [0.2, 0.25) is 0 Å². The number of unbranched alkanes of at least 4 members (excludes halogenated alkanes) is 1. The van der Waals surface area contributed by atoms with Crippen LogP contribution in [0, 0.1) is 21.4 Å². The summed E-state index contributed by atoms with van der Waals surface area (Å²) in [6.45, 7) is 0.332. The maximum atomic E-state index is 11.6. The molecular formula is C11H11N3O3. The van der Waals surface area contributed by atoms with Gasteiger partial charge < -0.3 is 5.32 Å². The summed E-state index contributed by atoms with van der Waals surface area (Å²) in [7, 11) is 0. The lowest BCUT2D eigenvalue weighted by Gasteiger charge is -2.04. The van der Waals surface area contributed by atoms with Crippen molar-refractivity contribution >= 4 is 11.6 Å². The Kier molecular flexibility index (Phi) is 4.63. The van der Waals surface area contributed by atoms with E-state index in [0.29, 0.717) is 19.4 Å². The molecule has 17 heavy (non-hydrogen) atoms. The zero-order chi connectivity index (χ0) is 12.7. The highest BCUT2D eigenvalue weighted by Gasteiger charge is 2.18. The summed E-state index contributed by atoms with van der Waals surface area (Å²) in [5.74, 6) is -0.491. The highest BCUT2D eigenvalue weighted by atomic mass is 16.6.